The second kappa shape index (κ2) is 4.74. The van der Waals surface area contributed by atoms with Gasteiger partial charge in [-0.05, 0) is 34.5 Å². The van der Waals surface area contributed by atoms with Gasteiger partial charge in [0.1, 0.15) is 5.82 Å². The first-order valence-electron chi connectivity index (χ1n) is 7.30. The van der Waals surface area contributed by atoms with Crippen molar-refractivity contribution < 1.29 is 0 Å². The zero-order valence-corrected chi connectivity index (χ0v) is 12.0. The standard InChI is InChI=1S/C19H16N2/c1-2-21-12-11-20-19(21)18-16-9-5-3-7-14(16)13-15-8-4-6-10-17(15)18/h3-13H,2H2,1H3. The molecular weight excluding hydrogens is 256 g/mol. The number of fused-ring (bicyclic) bond motifs is 2. The highest BCUT2D eigenvalue weighted by molar-refractivity contribution is 6.11. The molecule has 0 spiro atoms. The van der Waals surface area contributed by atoms with Crippen LogP contribution in [0.5, 0.6) is 0 Å². The van der Waals surface area contributed by atoms with Gasteiger partial charge in [0, 0.05) is 24.5 Å². The van der Waals surface area contributed by atoms with Crippen LogP contribution in [0.25, 0.3) is 32.9 Å². The summed E-state index contributed by atoms with van der Waals surface area (Å²) in [5.41, 5.74) is 1.23. The minimum Gasteiger partial charge on any atom is -0.331 e. The average molecular weight is 272 g/mol. The lowest BCUT2D eigenvalue weighted by Gasteiger charge is -2.12. The first-order chi connectivity index (χ1) is 10.4. The van der Waals surface area contributed by atoms with Crippen LogP contribution in [-0.4, -0.2) is 9.55 Å². The Labute approximate surface area is 123 Å². The number of nitrogens with zero attached hydrogens (tertiary/aromatic N) is 2. The maximum Gasteiger partial charge on any atom is 0.141 e. The average Bonchev–Trinajstić information content (AvgIpc) is 3.00. The van der Waals surface area contributed by atoms with E-state index in [0.717, 1.165) is 12.4 Å². The number of imidazole rings is 1. The Morgan fingerprint density at radius 2 is 1.52 bits per heavy atom. The number of aryl methyl sites for hydroxylation is 1. The van der Waals surface area contributed by atoms with E-state index in [9.17, 15) is 0 Å². The molecule has 0 amide bonds. The van der Waals surface area contributed by atoms with Crippen molar-refractivity contribution in [2.24, 2.45) is 0 Å². The molecule has 0 atom stereocenters. The number of aromatic nitrogens is 2. The minimum absolute atomic E-state index is 0.923. The fourth-order valence-corrected chi connectivity index (χ4v) is 3.05. The predicted octanol–water partition coefficient (Wildman–Crippen LogP) is 4.88. The Balaban J connectivity index is 2.22. The number of hydrogen-bond acceptors (Lipinski definition) is 1. The van der Waals surface area contributed by atoms with Gasteiger partial charge in [-0.3, -0.25) is 0 Å². The summed E-state index contributed by atoms with van der Waals surface area (Å²) in [7, 11) is 0. The van der Waals surface area contributed by atoms with Crippen LogP contribution < -0.4 is 0 Å². The minimum atomic E-state index is 0.923. The van der Waals surface area contributed by atoms with E-state index in [1.54, 1.807) is 0 Å². The molecule has 4 rings (SSSR count). The first-order valence-corrected chi connectivity index (χ1v) is 7.30. The van der Waals surface area contributed by atoms with Gasteiger partial charge in [0.2, 0.25) is 0 Å². The zero-order valence-electron chi connectivity index (χ0n) is 12.0. The molecule has 102 valence electrons. The van der Waals surface area contributed by atoms with Crippen LogP contribution in [0.4, 0.5) is 0 Å². The summed E-state index contributed by atoms with van der Waals surface area (Å²) in [4.78, 5) is 4.62. The van der Waals surface area contributed by atoms with E-state index in [1.165, 1.54) is 27.1 Å². The maximum atomic E-state index is 4.62. The van der Waals surface area contributed by atoms with Gasteiger partial charge in [-0.25, -0.2) is 4.98 Å². The van der Waals surface area contributed by atoms with Crippen LogP contribution in [0.2, 0.25) is 0 Å². The van der Waals surface area contributed by atoms with Gasteiger partial charge >= 0.3 is 0 Å². The molecule has 0 aliphatic heterocycles. The molecule has 1 aromatic heterocycles. The zero-order chi connectivity index (χ0) is 14.2. The largest absolute Gasteiger partial charge is 0.331 e. The van der Waals surface area contributed by atoms with Gasteiger partial charge < -0.3 is 4.57 Å². The molecule has 0 saturated carbocycles. The second-order valence-electron chi connectivity index (χ2n) is 5.23. The fourth-order valence-electron chi connectivity index (χ4n) is 3.05. The number of hydrogen-bond donors (Lipinski definition) is 0. The van der Waals surface area contributed by atoms with E-state index in [4.69, 9.17) is 0 Å². The lowest BCUT2D eigenvalue weighted by atomic mass is 9.96. The van der Waals surface area contributed by atoms with Crippen molar-refractivity contribution in [2.75, 3.05) is 0 Å². The Hall–Kier alpha value is -2.61. The van der Waals surface area contributed by atoms with Crippen molar-refractivity contribution in [1.29, 1.82) is 0 Å². The molecule has 0 aliphatic rings. The summed E-state index contributed by atoms with van der Waals surface area (Å²) in [5.74, 6) is 1.05. The van der Waals surface area contributed by atoms with E-state index in [1.807, 2.05) is 12.4 Å². The van der Waals surface area contributed by atoms with Gasteiger partial charge in [0.25, 0.3) is 0 Å². The SMILES string of the molecule is CCn1ccnc1-c1c2ccccc2cc2ccccc12. The normalized spacial score (nSPS) is 11.3. The molecular formula is C19H16N2. The fraction of sp³-hybridized carbons (Fsp3) is 0.105. The number of rotatable bonds is 2. The second-order valence-corrected chi connectivity index (χ2v) is 5.23. The molecule has 2 heteroatoms. The molecule has 4 aromatic rings. The van der Waals surface area contributed by atoms with E-state index in [0.29, 0.717) is 0 Å². The van der Waals surface area contributed by atoms with Crippen molar-refractivity contribution in [3.8, 4) is 11.4 Å². The highest BCUT2D eigenvalue weighted by atomic mass is 15.1. The Kier molecular flexibility index (Phi) is 2.74. The summed E-state index contributed by atoms with van der Waals surface area (Å²) in [5, 5.41) is 5.04. The molecule has 0 fully saturated rings. The topological polar surface area (TPSA) is 17.8 Å². The summed E-state index contributed by atoms with van der Waals surface area (Å²) in [6.07, 6.45) is 3.93. The highest BCUT2D eigenvalue weighted by Gasteiger charge is 2.13. The lowest BCUT2D eigenvalue weighted by Crippen LogP contribution is -1.97. The van der Waals surface area contributed by atoms with Crippen LogP contribution in [0, 0.1) is 0 Å². The monoisotopic (exact) mass is 272 g/mol. The third-order valence-electron chi connectivity index (χ3n) is 4.05. The molecule has 0 bridgehead atoms. The van der Waals surface area contributed by atoms with Crippen molar-refractivity contribution in [1.82, 2.24) is 9.55 Å². The molecule has 1 heterocycles. The molecule has 0 aliphatic carbocycles. The van der Waals surface area contributed by atoms with Crippen molar-refractivity contribution in [3.05, 3.63) is 67.0 Å². The van der Waals surface area contributed by atoms with E-state index >= 15 is 0 Å². The van der Waals surface area contributed by atoms with Crippen LogP contribution in [-0.2, 0) is 6.54 Å². The summed E-state index contributed by atoms with van der Waals surface area (Å²) >= 11 is 0. The van der Waals surface area contributed by atoms with Crippen molar-refractivity contribution in [2.45, 2.75) is 13.5 Å². The van der Waals surface area contributed by atoms with E-state index < -0.39 is 0 Å². The van der Waals surface area contributed by atoms with Gasteiger partial charge in [0.05, 0.1) is 0 Å². The van der Waals surface area contributed by atoms with E-state index in [2.05, 4.69) is 71.1 Å². The highest BCUT2D eigenvalue weighted by Crippen LogP contribution is 2.35. The lowest BCUT2D eigenvalue weighted by molar-refractivity contribution is 0.772. The van der Waals surface area contributed by atoms with Crippen LogP contribution >= 0.6 is 0 Å². The number of benzene rings is 3. The van der Waals surface area contributed by atoms with Gasteiger partial charge in [-0.2, -0.15) is 0 Å². The molecule has 2 nitrogen and oxygen atoms in total. The molecule has 0 unspecified atom stereocenters. The maximum absolute atomic E-state index is 4.62. The molecule has 21 heavy (non-hydrogen) atoms. The van der Waals surface area contributed by atoms with Gasteiger partial charge in [-0.15, -0.1) is 0 Å². The first kappa shape index (κ1) is 12.2. The predicted molar refractivity (Wildman–Crippen MR) is 88.3 cm³/mol. The third kappa shape index (κ3) is 1.83. The Morgan fingerprint density at radius 1 is 0.905 bits per heavy atom. The van der Waals surface area contributed by atoms with Gasteiger partial charge in [0.15, 0.2) is 0 Å². The molecule has 0 N–H and O–H groups in total. The summed E-state index contributed by atoms with van der Waals surface area (Å²) in [6.45, 7) is 3.07. The Bertz CT molecular complexity index is 881. The Morgan fingerprint density at radius 3 is 2.14 bits per heavy atom. The third-order valence-corrected chi connectivity index (χ3v) is 4.05. The van der Waals surface area contributed by atoms with Crippen LogP contribution in [0.3, 0.4) is 0 Å². The molecule has 0 saturated heterocycles. The van der Waals surface area contributed by atoms with Crippen molar-refractivity contribution >= 4 is 21.5 Å². The quantitative estimate of drug-likeness (QED) is 0.476. The van der Waals surface area contributed by atoms with Crippen LogP contribution in [0.15, 0.2) is 67.0 Å². The van der Waals surface area contributed by atoms with E-state index in [-0.39, 0.29) is 0 Å². The smallest absolute Gasteiger partial charge is 0.141 e. The van der Waals surface area contributed by atoms with Crippen LogP contribution in [0.1, 0.15) is 6.92 Å². The molecule has 3 aromatic carbocycles. The van der Waals surface area contributed by atoms with Gasteiger partial charge in [-0.1, -0.05) is 48.5 Å². The van der Waals surface area contributed by atoms with Crippen molar-refractivity contribution in [3.63, 3.8) is 0 Å². The summed E-state index contributed by atoms with van der Waals surface area (Å²) in [6, 6.07) is 19.3. The molecule has 0 radical (unpaired) electrons. The summed E-state index contributed by atoms with van der Waals surface area (Å²) < 4.78 is 2.20.